The number of ether oxygens (including phenoxy) is 4. The van der Waals surface area contributed by atoms with Crippen molar-refractivity contribution in [2.24, 2.45) is 0 Å². The van der Waals surface area contributed by atoms with E-state index < -0.39 is 97.5 Å². The number of phosphoric ester groups is 2. The molecule has 5 unspecified atom stereocenters. The third-order valence-corrected chi connectivity index (χ3v) is 17.2. The van der Waals surface area contributed by atoms with Crippen LogP contribution in [-0.2, 0) is 65.4 Å². The molecule has 19 heteroatoms. The van der Waals surface area contributed by atoms with Crippen LogP contribution in [-0.4, -0.2) is 96.7 Å². The maximum atomic E-state index is 13.0. The molecule has 5 atom stereocenters. The van der Waals surface area contributed by atoms with Gasteiger partial charge in [-0.25, -0.2) is 9.13 Å². The van der Waals surface area contributed by atoms with Gasteiger partial charge in [-0.1, -0.05) is 267 Å². The first-order chi connectivity index (χ1) is 45.7. The highest BCUT2D eigenvalue weighted by Crippen LogP contribution is 2.45. The van der Waals surface area contributed by atoms with E-state index in [-0.39, 0.29) is 25.7 Å². The van der Waals surface area contributed by atoms with Gasteiger partial charge in [0.15, 0.2) is 12.2 Å². The third kappa shape index (κ3) is 66.8. The summed E-state index contributed by atoms with van der Waals surface area (Å²) in [5.74, 6) is -2.25. The molecule has 0 spiro atoms. The Morgan fingerprint density at radius 2 is 0.574 bits per heavy atom. The summed E-state index contributed by atoms with van der Waals surface area (Å²) in [5.41, 5.74) is 0. The summed E-state index contributed by atoms with van der Waals surface area (Å²) < 4.78 is 68.2. The summed E-state index contributed by atoms with van der Waals surface area (Å²) >= 11 is 0. The predicted octanol–water partition coefficient (Wildman–Crippen LogP) is 20.7. The van der Waals surface area contributed by atoms with E-state index in [1.807, 2.05) is 12.2 Å². The molecule has 0 saturated heterocycles. The molecule has 0 aromatic heterocycles. The van der Waals surface area contributed by atoms with E-state index >= 15 is 0 Å². The van der Waals surface area contributed by atoms with Crippen LogP contribution in [0.3, 0.4) is 0 Å². The number of hydrogen-bond donors (Lipinski definition) is 3. The predicted molar refractivity (Wildman–Crippen MR) is 381 cm³/mol. The van der Waals surface area contributed by atoms with Gasteiger partial charge >= 0.3 is 39.5 Å². The van der Waals surface area contributed by atoms with Gasteiger partial charge in [-0.15, -0.1) is 0 Å². The Labute approximate surface area is 570 Å². The highest BCUT2D eigenvalue weighted by molar-refractivity contribution is 7.47. The lowest BCUT2D eigenvalue weighted by molar-refractivity contribution is -0.161. The van der Waals surface area contributed by atoms with E-state index in [0.29, 0.717) is 32.1 Å². The Kier molecular flexibility index (Phi) is 65.1. The van der Waals surface area contributed by atoms with Crippen LogP contribution in [0.15, 0.2) is 85.1 Å². The van der Waals surface area contributed by atoms with Gasteiger partial charge in [0.2, 0.25) is 0 Å². The Morgan fingerprint density at radius 3 is 0.936 bits per heavy atom. The van der Waals surface area contributed by atoms with Gasteiger partial charge < -0.3 is 33.8 Å². The summed E-state index contributed by atoms with van der Waals surface area (Å²) in [6, 6.07) is 0. The molecule has 0 bridgehead atoms. The van der Waals surface area contributed by atoms with E-state index in [9.17, 15) is 43.2 Å². The van der Waals surface area contributed by atoms with Crippen LogP contribution in [0, 0.1) is 0 Å². The molecule has 0 rings (SSSR count). The lowest BCUT2D eigenvalue weighted by Gasteiger charge is -2.21. The lowest BCUT2D eigenvalue weighted by Crippen LogP contribution is -2.30. The average molecular weight is 1370 g/mol. The maximum absolute atomic E-state index is 13.0. The SMILES string of the molecule is CC/C=C\C/C=C\C/C=C\C/C=C\C/C=C\CCCC(=O)OCC(COP(=O)(O)OCC(O)COP(=O)(O)OCC(COC(=O)CCCCCCC/C=C\CCCC)OC(=O)CCCCCCC/C=C\CCCC)OC(=O)CCCCCCCCCCCCCCCCC. The number of aliphatic hydroxyl groups excluding tert-OH is 1. The zero-order valence-electron chi connectivity index (χ0n) is 59.1. The van der Waals surface area contributed by atoms with Gasteiger partial charge in [-0.3, -0.25) is 37.3 Å². The van der Waals surface area contributed by atoms with Gasteiger partial charge in [0.05, 0.1) is 26.4 Å². The molecule has 0 aliphatic rings. The smallest absolute Gasteiger partial charge is 0.462 e. The molecule has 0 radical (unpaired) electrons. The minimum atomic E-state index is -4.98. The first kappa shape index (κ1) is 90.2. The molecule has 0 aliphatic heterocycles. The van der Waals surface area contributed by atoms with Crippen LogP contribution in [0.25, 0.3) is 0 Å². The molecule has 17 nitrogen and oxygen atoms in total. The molecular formula is C75H132O17P2. The van der Waals surface area contributed by atoms with Crippen molar-refractivity contribution in [1.82, 2.24) is 0 Å². The molecule has 0 fully saturated rings. The number of carbonyl (C=O) groups excluding carboxylic acids is 4. The minimum Gasteiger partial charge on any atom is -0.462 e. The van der Waals surface area contributed by atoms with Crippen molar-refractivity contribution in [3.63, 3.8) is 0 Å². The van der Waals surface area contributed by atoms with E-state index in [0.717, 1.165) is 135 Å². The second-order valence-corrected chi connectivity index (χ2v) is 27.4. The average Bonchev–Trinajstić information content (AvgIpc) is 1.29. The molecule has 94 heavy (non-hydrogen) atoms. The van der Waals surface area contributed by atoms with Gasteiger partial charge in [0.25, 0.3) is 0 Å². The van der Waals surface area contributed by atoms with E-state index in [1.54, 1.807) is 0 Å². The van der Waals surface area contributed by atoms with Crippen molar-refractivity contribution in [2.45, 2.75) is 329 Å². The number of carbonyl (C=O) groups is 4. The standard InChI is InChI=1S/C75H132O17P2/c1-5-9-13-17-21-25-29-31-33-34-36-37-41-44-48-52-56-60-73(78)86-66-71(92-75(80)62-58-54-50-46-42-38-35-32-30-26-22-18-14-10-6-2)68-90-94(83,84)88-64-69(76)63-87-93(81,82)89-67-70(91-74(79)61-57-53-49-45-40-28-24-20-16-12-8-4)65-85-72(77)59-55-51-47-43-39-27-23-19-15-11-7-3/h9,13,19-21,23-25,31,33,36-37,44,48,69-71,76H,5-8,10-12,14-18,22,26-30,32,34-35,38-43,45-47,49-68H2,1-4H3,(H,81,82)(H,83,84)/b13-9-,23-19-,24-20-,25-21-,33-31-,37-36-,48-44-. The van der Waals surface area contributed by atoms with Crippen molar-refractivity contribution in [2.75, 3.05) is 39.6 Å². The topological polar surface area (TPSA) is 237 Å². The molecule has 0 saturated carbocycles. The molecule has 0 heterocycles. The summed E-state index contributed by atoms with van der Waals surface area (Å²) in [6.07, 6.45) is 67.4. The molecule has 0 aromatic rings. The number of phosphoric acid groups is 2. The monoisotopic (exact) mass is 1370 g/mol. The first-order valence-electron chi connectivity index (χ1n) is 36.8. The third-order valence-electron chi connectivity index (χ3n) is 15.3. The maximum Gasteiger partial charge on any atom is 0.472 e. The van der Waals surface area contributed by atoms with Gasteiger partial charge in [0, 0.05) is 25.7 Å². The molecule has 0 aliphatic carbocycles. The van der Waals surface area contributed by atoms with Crippen LogP contribution in [0.5, 0.6) is 0 Å². The highest BCUT2D eigenvalue weighted by Gasteiger charge is 2.30. The summed E-state index contributed by atoms with van der Waals surface area (Å²) in [4.78, 5) is 72.6. The van der Waals surface area contributed by atoms with Gasteiger partial charge in [0.1, 0.15) is 19.3 Å². The van der Waals surface area contributed by atoms with Gasteiger partial charge in [-0.05, 0) is 103 Å². The van der Waals surface area contributed by atoms with Crippen LogP contribution in [0.1, 0.15) is 310 Å². The molecule has 0 aromatic carbocycles. The number of allylic oxidation sites excluding steroid dienone is 14. The van der Waals surface area contributed by atoms with Crippen LogP contribution < -0.4 is 0 Å². The van der Waals surface area contributed by atoms with Gasteiger partial charge in [-0.2, -0.15) is 0 Å². The molecular weight excluding hydrogens is 1230 g/mol. The first-order valence-corrected chi connectivity index (χ1v) is 39.8. The Balaban J connectivity index is 5.36. The number of unbranched alkanes of at least 4 members (excludes halogenated alkanes) is 29. The van der Waals surface area contributed by atoms with E-state index in [2.05, 4.69) is 101 Å². The molecule has 3 N–H and O–H groups in total. The normalized spacial score (nSPS) is 14.5. The van der Waals surface area contributed by atoms with Crippen LogP contribution >= 0.6 is 15.6 Å². The fourth-order valence-corrected chi connectivity index (χ4v) is 11.3. The number of hydrogen-bond acceptors (Lipinski definition) is 15. The zero-order valence-corrected chi connectivity index (χ0v) is 60.9. The number of aliphatic hydroxyl groups is 1. The van der Waals surface area contributed by atoms with Crippen molar-refractivity contribution in [3.05, 3.63) is 85.1 Å². The quantitative estimate of drug-likeness (QED) is 0.0169. The summed E-state index contributed by atoms with van der Waals surface area (Å²) in [7, 11) is -9.95. The Hall–Kier alpha value is -3.76. The largest absolute Gasteiger partial charge is 0.472 e. The van der Waals surface area contributed by atoms with Crippen LogP contribution in [0.2, 0.25) is 0 Å². The Bertz CT molecular complexity index is 2120. The fraction of sp³-hybridized carbons (Fsp3) is 0.760. The van der Waals surface area contributed by atoms with Crippen molar-refractivity contribution in [3.8, 4) is 0 Å². The Morgan fingerprint density at radius 1 is 0.309 bits per heavy atom. The zero-order chi connectivity index (χ0) is 69.0. The second kappa shape index (κ2) is 67.8. The highest BCUT2D eigenvalue weighted by atomic mass is 31.2. The van der Waals surface area contributed by atoms with Crippen molar-refractivity contribution < 1.29 is 80.2 Å². The lowest BCUT2D eigenvalue weighted by atomic mass is 10.0. The van der Waals surface area contributed by atoms with Crippen molar-refractivity contribution in [1.29, 1.82) is 0 Å². The summed E-state index contributed by atoms with van der Waals surface area (Å²) in [5, 5.41) is 10.6. The van der Waals surface area contributed by atoms with Crippen molar-refractivity contribution >= 4 is 39.5 Å². The molecule has 0 amide bonds. The minimum absolute atomic E-state index is 0.0835. The second-order valence-electron chi connectivity index (χ2n) is 24.5. The number of rotatable bonds is 69. The summed E-state index contributed by atoms with van der Waals surface area (Å²) in [6.45, 7) is 4.61. The van der Waals surface area contributed by atoms with E-state index in [4.69, 9.17) is 37.0 Å². The number of esters is 4. The van der Waals surface area contributed by atoms with Crippen LogP contribution in [0.4, 0.5) is 0 Å². The fourth-order valence-electron chi connectivity index (χ4n) is 9.69. The molecule has 544 valence electrons. The van der Waals surface area contributed by atoms with E-state index in [1.165, 1.54) is 89.9 Å².